The number of morpholine rings is 1. The fourth-order valence-electron chi connectivity index (χ4n) is 1.55. The maximum atomic E-state index is 11.7. The maximum absolute atomic E-state index is 11.7. The highest BCUT2D eigenvalue weighted by atomic mass is 16.5. The van der Waals surface area contributed by atoms with Crippen LogP contribution in [0, 0.1) is 0 Å². The first-order chi connectivity index (χ1) is 8.25. The second-order valence-corrected chi connectivity index (χ2v) is 3.62. The van der Waals surface area contributed by atoms with E-state index in [2.05, 4.69) is 15.5 Å². The number of carbonyl (C=O) groups is 1. The van der Waals surface area contributed by atoms with Crippen LogP contribution < -0.4 is 11.1 Å². The number of nitrogens with zero attached hydrogens (tertiary/aromatic N) is 3. The van der Waals surface area contributed by atoms with Crippen molar-refractivity contribution in [1.29, 1.82) is 0 Å². The van der Waals surface area contributed by atoms with Crippen molar-refractivity contribution in [3.8, 4) is 0 Å². The summed E-state index contributed by atoms with van der Waals surface area (Å²) in [6, 6.07) is 0.240. The Morgan fingerprint density at radius 3 is 2.82 bits per heavy atom. The zero-order valence-electron chi connectivity index (χ0n) is 9.39. The first kappa shape index (κ1) is 11.6. The molecule has 0 aromatic carbocycles. The standard InChI is InChI=1S/C9H15N5O3/c10-8-12-13-9(17-8)11-2-1-7(15)14-3-5-16-6-4-14/h1-6H2,(H2,10,12)(H,11,13). The van der Waals surface area contributed by atoms with Crippen molar-refractivity contribution in [2.24, 2.45) is 0 Å². The van der Waals surface area contributed by atoms with Crippen molar-refractivity contribution in [3.05, 3.63) is 0 Å². The Morgan fingerprint density at radius 2 is 2.18 bits per heavy atom. The molecule has 94 valence electrons. The van der Waals surface area contributed by atoms with Crippen molar-refractivity contribution in [1.82, 2.24) is 15.1 Å². The van der Waals surface area contributed by atoms with Crippen molar-refractivity contribution in [3.63, 3.8) is 0 Å². The number of amides is 1. The first-order valence-electron chi connectivity index (χ1n) is 5.44. The summed E-state index contributed by atoms with van der Waals surface area (Å²) in [4.78, 5) is 13.5. The molecule has 2 heterocycles. The average Bonchev–Trinajstić information content (AvgIpc) is 2.76. The normalized spacial score (nSPS) is 15.9. The van der Waals surface area contributed by atoms with E-state index in [-0.39, 0.29) is 17.9 Å². The number of rotatable bonds is 4. The van der Waals surface area contributed by atoms with Gasteiger partial charge in [-0.3, -0.25) is 4.79 Å². The largest absolute Gasteiger partial charge is 0.390 e. The number of nitrogen functional groups attached to an aromatic ring is 1. The summed E-state index contributed by atoms with van der Waals surface area (Å²) in [6.07, 6.45) is 0.377. The van der Waals surface area contributed by atoms with Gasteiger partial charge in [0.2, 0.25) is 5.91 Å². The summed E-state index contributed by atoms with van der Waals surface area (Å²) in [5, 5.41) is 9.95. The van der Waals surface area contributed by atoms with Crippen LogP contribution in [-0.4, -0.2) is 53.9 Å². The molecule has 17 heavy (non-hydrogen) atoms. The van der Waals surface area contributed by atoms with E-state index in [0.29, 0.717) is 39.3 Å². The minimum atomic E-state index is 0.00649. The van der Waals surface area contributed by atoms with Gasteiger partial charge < -0.3 is 25.1 Å². The van der Waals surface area contributed by atoms with Crippen LogP contribution in [0.2, 0.25) is 0 Å². The fraction of sp³-hybridized carbons (Fsp3) is 0.667. The topological polar surface area (TPSA) is 107 Å². The lowest BCUT2D eigenvalue weighted by Crippen LogP contribution is -2.41. The van der Waals surface area contributed by atoms with Crippen molar-refractivity contribution >= 4 is 17.9 Å². The van der Waals surface area contributed by atoms with Gasteiger partial charge >= 0.3 is 12.0 Å². The predicted octanol–water partition coefficient (Wildman–Crippen LogP) is -0.687. The number of anilines is 2. The Balaban J connectivity index is 1.69. The molecule has 2 rings (SSSR count). The van der Waals surface area contributed by atoms with E-state index in [1.165, 1.54) is 0 Å². The Kier molecular flexibility index (Phi) is 3.76. The van der Waals surface area contributed by atoms with E-state index < -0.39 is 0 Å². The van der Waals surface area contributed by atoms with Crippen LogP contribution in [0.25, 0.3) is 0 Å². The van der Waals surface area contributed by atoms with Crippen molar-refractivity contribution < 1.29 is 13.9 Å². The van der Waals surface area contributed by atoms with Gasteiger partial charge in [-0.15, -0.1) is 0 Å². The fourth-order valence-corrected chi connectivity index (χ4v) is 1.55. The van der Waals surface area contributed by atoms with Crippen LogP contribution in [0.15, 0.2) is 4.42 Å². The summed E-state index contributed by atoms with van der Waals surface area (Å²) < 4.78 is 10.1. The van der Waals surface area contributed by atoms with Gasteiger partial charge in [0.1, 0.15) is 0 Å². The summed E-state index contributed by atoms with van der Waals surface area (Å²) in [7, 11) is 0. The Labute approximate surface area is 98.1 Å². The van der Waals surface area contributed by atoms with Gasteiger partial charge in [-0.1, -0.05) is 10.2 Å². The van der Waals surface area contributed by atoms with Crippen molar-refractivity contribution in [2.75, 3.05) is 43.9 Å². The van der Waals surface area contributed by atoms with Gasteiger partial charge in [0.25, 0.3) is 0 Å². The van der Waals surface area contributed by atoms with Crippen molar-refractivity contribution in [2.45, 2.75) is 6.42 Å². The number of hydrogen-bond donors (Lipinski definition) is 2. The van der Waals surface area contributed by atoms with E-state index in [4.69, 9.17) is 14.9 Å². The van der Waals surface area contributed by atoms with Crippen LogP contribution in [-0.2, 0) is 9.53 Å². The first-order valence-corrected chi connectivity index (χ1v) is 5.44. The summed E-state index contributed by atoms with van der Waals surface area (Å²) in [5.74, 6) is 0.0910. The number of ether oxygens (including phenoxy) is 1. The highest BCUT2D eigenvalue weighted by Gasteiger charge is 2.16. The molecule has 1 aromatic heterocycles. The molecule has 0 unspecified atom stereocenters. The van der Waals surface area contributed by atoms with Gasteiger partial charge in [0.05, 0.1) is 13.2 Å². The smallest absolute Gasteiger partial charge is 0.316 e. The maximum Gasteiger partial charge on any atom is 0.316 e. The highest BCUT2D eigenvalue weighted by Crippen LogP contribution is 2.06. The van der Waals surface area contributed by atoms with Gasteiger partial charge in [-0.05, 0) is 0 Å². The van der Waals surface area contributed by atoms with Gasteiger partial charge in [0, 0.05) is 26.1 Å². The number of aromatic nitrogens is 2. The molecular formula is C9H15N5O3. The van der Waals surface area contributed by atoms with E-state index in [1.54, 1.807) is 4.90 Å². The van der Waals surface area contributed by atoms with Crippen LogP contribution in [0.1, 0.15) is 6.42 Å². The zero-order chi connectivity index (χ0) is 12.1. The lowest BCUT2D eigenvalue weighted by atomic mass is 10.3. The molecule has 8 nitrogen and oxygen atoms in total. The quantitative estimate of drug-likeness (QED) is 0.718. The molecule has 1 aromatic rings. The highest BCUT2D eigenvalue weighted by molar-refractivity contribution is 5.76. The number of hydrogen-bond acceptors (Lipinski definition) is 7. The summed E-state index contributed by atoms with van der Waals surface area (Å²) in [6.45, 7) is 2.98. The third kappa shape index (κ3) is 3.31. The van der Waals surface area contributed by atoms with Gasteiger partial charge in [-0.25, -0.2) is 0 Å². The Bertz CT molecular complexity index is 374. The second kappa shape index (κ2) is 5.48. The molecule has 1 amide bonds. The molecule has 1 saturated heterocycles. The molecule has 0 radical (unpaired) electrons. The lowest BCUT2D eigenvalue weighted by molar-refractivity contribution is -0.134. The average molecular weight is 241 g/mol. The van der Waals surface area contributed by atoms with E-state index >= 15 is 0 Å². The van der Waals surface area contributed by atoms with Gasteiger partial charge in [0.15, 0.2) is 0 Å². The zero-order valence-corrected chi connectivity index (χ0v) is 9.39. The predicted molar refractivity (Wildman–Crippen MR) is 59.2 cm³/mol. The monoisotopic (exact) mass is 241 g/mol. The number of carbonyl (C=O) groups excluding carboxylic acids is 1. The van der Waals surface area contributed by atoms with E-state index in [1.807, 2.05) is 0 Å². The molecule has 0 atom stereocenters. The molecule has 1 aliphatic rings. The number of nitrogens with one attached hydrogen (secondary N) is 1. The molecule has 3 N–H and O–H groups in total. The molecule has 0 spiro atoms. The number of nitrogens with two attached hydrogens (primary N) is 1. The summed E-state index contributed by atoms with van der Waals surface area (Å²) in [5.41, 5.74) is 5.26. The van der Waals surface area contributed by atoms with E-state index in [9.17, 15) is 4.79 Å². The SMILES string of the molecule is Nc1nnc(NCCC(=O)N2CCOCC2)o1. The third-order valence-corrected chi connectivity index (χ3v) is 2.42. The molecule has 0 bridgehead atoms. The van der Waals surface area contributed by atoms with Crippen LogP contribution in [0.5, 0.6) is 0 Å². The minimum absolute atomic E-state index is 0.00649. The molecule has 0 saturated carbocycles. The molecule has 0 aliphatic carbocycles. The second-order valence-electron chi connectivity index (χ2n) is 3.62. The molecule has 8 heteroatoms. The molecule has 1 fully saturated rings. The molecular weight excluding hydrogens is 226 g/mol. The lowest BCUT2D eigenvalue weighted by Gasteiger charge is -2.26. The molecule has 1 aliphatic heterocycles. The summed E-state index contributed by atoms with van der Waals surface area (Å²) >= 11 is 0. The van der Waals surface area contributed by atoms with Crippen LogP contribution in [0.3, 0.4) is 0 Å². The van der Waals surface area contributed by atoms with Crippen LogP contribution >= 0.6 is 0 Å². The minimum Gasteiger partial charge on any atom is -0.390 e. The van der Waals surface area contributed by atoms with E-state index in [0.717, 1.165) is 0 Å². The third-order valence-electron chi connectivity index (χ3n) is 2.42. The Morgan fingerprint density at radius 1 is 1.41 bits per heavy atom. The van der Waals surface area contributed by atoms with Crippen LogP contribution in [0.4, 0.5) is 12.0 Å². The Hall–Kier alpha value is -1.83. The van der Waals surface area contributed by atoms with Gasteiger partial charge in [-0.2, -0.15) is 0 Å².